The van der Waals surface area contributed by atoms with Crippen molar-refractivity contribution in [3.05, 3.63) is 0 Å². The first-order valence-electron chi connectivity index (χ1n) is 13.1. The summed E-state index contributed by atoms with van der Waals surface area (Å²) in [5, 5.41) is 58.9. The molecule has 2 aliphatic heterocycles. The Hall–Kier alpha value is -0.560. The molecular weight excluding hydrogens is 488 g/mol. The second-order valence-corrected chi connectivity index (χ2v) is 10.1. The summed E-state index contributed by atoms with van der Waals surface area (Å²) in [6.07, 6.45) is -7.68. The van der Waals surface area contributed by atoms with Crippen molar-refractivity contribution in [2.75, 3.05) is 48.3 Å². The van der Waals surface area contributed by atoms with E-state index in [1.54, 1.807) is 35.2 Å². The van der Waals surface area contributed by atoms with Crippen LogP contribution >= 0.6 is 0 Å². The zero-order valence-corrected chi connectivity index (χ0v) is 22.4. The Labute approximate surface area is 218 Å². The molecule has 2 saturated heterocycles. The van der Waals surface area contributed by atoms with Crippen LogP contribution in [0.1, 0.15) is 12.8 Å². The van der Waals surface area contributed by atoms with Gasteiger partial charge in [-0.1, -0.05) is 0 Å². The van der Waals surface area contributed by atoms with E-state index in [-0.39, 0.29) is 24.7 Å². The highest BCUT2D eigenvalue weighted by molar-refractivity contribution is 5.02. The molecule has 0 aromatic heterocycles. The van der Waals surface area contributed by atoms with Crippen molar-refractivity contribution >= 4 is 0 Å². The maximum absolute atomic E-state index is 11.6. The largest absolute Gasteiger partial charge is 0.390 e. The molecule has 3 fully saturated rings. The molecule has 3 aliphatic rings. The Morgan fingerprint density at radius 1 is 0.703 bits per heavy atom. The third-order valence-electron chi connectivity index (χ3n) is 7.91. The van der Waals surface area contributed by atoms with Crippen molar-refractivity contribution in [1.82, 2.24) is 26.6 Å². The normalized spacial score (nSPS) is 47.2. The van der Waals surface area contributed by atoms with Crippen molar-refractivity contribution in [3.8, 4) is 0 Å². The van der Waals surface area contributed by atoms with Gasteiger partial charge in [0.15, 0.2) is 12.6 Å². The van der Waals surface area contributed by atoms with Gasteiger partial charge in [0.1, 0.15) is 30.5 Å². The van der Waals surface area contributed by atoms with Crippen LogP contribution in [0.2, 0.25) is 0 Å². The molecule has 3 rings (SSSR count). The Balaban J connectivity index is 1.80. The molecule has 0 aromatic rings. The molecule has 37 heavy (non-hydrogen) atoms. The molecule has 0 aromatic carbocycles. The molecule has 218 valence electrons. The van der Waals surface area contributed by atoms with Gasteiger partial charge in [0.25, 0.3) is 0 Å². The maximum Gasteiger partial charge on any atom is 0.186 e. The number of nitrogens with two attached hydrogens (primary N) is 1. The molecule has 0 radical (unpaired) electrons. The highest BCUT2D eigenvalue weighted by Crippen LogP contribution is 2.32. The molecule has 14 atom stereocenters. The van der Waals surface area contributed by atoms with Gasteiger partial charge in [-0.25, -0.2) is 0 Å². The summed E-state index contributed by atoms with van der Waals surface area (Å²) >= 11 is 0. The minimum absolute atomic E-state index is 0.0340. The van der Waals surface area contributed by atoms with Gasteiger partial charge in [0.05, 0.1) is 30.4 Å². The molecule has 1 saturated carbocycles. The van der Waals surface area contributed by atoms with Gasteiger partial charge in [-0.15, -0.1) is 0 Å². The first-order chi connectivity index (χ1) is 17.7. The number of rotatable bonds is 11. The topological polar surface area (TPSA) is 204 Å². The maximum atomic E-state index is 11.6. The average Bonchev–Trinajstić information content (AvgIpc) is 2.89. The minimum Gasteiger partial charge on any atom is -0.390 e. The lowest BCUT2D eigenvalue weighted by molar-refractivity contribution is -0.315. The van der Waals surface area contributed by atoms with Gasteiger partial charge in [0, 0.05) is 25.2 Å². The summed E-state index contributed by atoms with van der Waals surface area (Å²) in [7, 11) is 8.75. The fourth-order valence-corrected chi connectivity index (χ4v) is 5.66. The van der Waals surface area contributed by atoms with Gasteiger partial charge in [-0.3, -0.25) is 0 Å². The number of hydrogen-bond acceptors (Lipinski definition) is 14. The number of ether oxygens (including phenoxy) is 4. The third kappa shape index (κ3) is 6.78. The molecule has 0 amide bonds. The van der Waals surface area contributed by atoms with Crippen LogP contribution in [0.3, 0.4) is 0 Å². The molecule has 0 bridgehead atoms. The van der Waals surface area contributed by atoms with Crippen LogP contribution in [0.5, 0.6) is 0 Å². The minimum atomic E-state index is -1.20. The summed E-state index contributed by atoms with van der Waals surface area (Å²) in [5.41, 5.74) is 5.78. The number of aliphatic hydroxyl groups is 4. The van der Waals surface area contributed by atoms with Gasteiger partial charge >= 0.3 is 0 Å². The molecule has 2 heterocycles. The Kier molecular flexibility index (Phi) is 11.9. The fourth-order valence-electron chi connectivity index (χ4n) is 5.66. The van der Waals surface area contributed by atoms with Gasteiger partial charge < -0.3 is 71.7 Å². The van der Waals surface area contributed by atoms with Gasteiger partial charge in [0.2, 0.25) is 0 Å². The monoisotopic (exact) mass is 536 g/mol. The van der Waals surface area contributed by atoms with E-state index in [4.69, 9.17) is 24.7 Å². The van der Waals surface area contributed by atoms with Crippen LogP contribution < -0.4 is 32.3 Å². The highest BCUT2D eigenvalue weighted by Gasteiger charge is 2.51. The number of likely N-dealkylation sites (N-methyl/N-ethyl adjacent to an activating group) is 5. The lowest BCUT2D eigenvalue weighted by Crippen LogP contribution is -2.69. The molecule has 14 nitrogen and oxygen atoms in total. The second kappa shape index (κ2) is 14.2. The van der Waals surface area contributed by atoms with Gasteiger partial charge in [-0.2, -0.15) is 0 Å². The zero-order chi connectivity index (χ0) is 27.3. The number of aliphatic hydroxyl groups excluding tert-OH is 4. The first kappa shape index (κ1) is 31.0. The summed E-state index contributed by atoms with van der Waals surface area (Å²) in [6, 6.07) is -1.56. The third-order valence-corrected chi connectivity index (χ3v) is 7.91. The molecular formula is C23H48N6O8. The van der Waals surface area contributed by atoms with E-state index in [9.17, 15) is 20.4 Å². The van der Waals surface area contributed by atoms with Crippen molar-refractivity contribution < 1.29 is 39.4 Å². The predicted molar refractivity (Wildman–Crippen MR) is 135 cm³/mol. The smallest absolute Gasteiger partial charge is 0.186 e. The quantitative estimate of drug-likeness (QED) is 0.120. The van der Waals surface area contributed by atoms with Gasteiger partial charge in [-0.05, 0) is 48.1 Å². The van der Waals surface area contributed by atoms with E-state index in [2.05, 4.69) is 26.6 Å². The molecule has 0 spiro atoms. The van der Waals surface area contributed by atoms with Crippen LogP contribution in [0, 0.1) is 0 Å². The molecule has 14 heteroatoms. The average molecular weight is 537 g/mol. The van der Waals surface area contributed by atoms with E-state index in [0.717, 1.165) is 0 Å². The zero-order valence-electron chi connectivity index (χ0n) is 22.4. The summed E-state index contributed by atoms with van der Waals surface area (Å²) in [4.78, 5) is 0. The predicted octanol–water partition coefficient (Wildman–Crippen LogP) is -5.03. The summed E-state index contributed by atoms with van der Waals surface area (Å²) in [5.74, 6) is 0. The van der Waals surface area contributed by atoms with Crippen LogP contribution in [0.4, 0.5) is 0 Å². The summed E-state index contributed by atoms with van der Waals surface area (Å²) in [6.45, 7) is 0.484. The van der Waals surface area contributed by atoms with Crippen LogP contribution in [0.15, 0.2) is 0 Å². The standard InChI is InChI=1S/C23H48N6O8/c1-25-9-15-13(30)7-12(28-4)22(35-15)36-20-10(26-2)6-11(27-3)21(19(20)33)37-23-18(32)16(29-5)17(31)14(8-24)34-23/h10-23,25-33H,6-9,24H2,1-5H3. The highest BCUT2D eigenvalue weighted by atomic mass is 16.7. The van der Waals surface area contributed by atoms with Crippen LogP contribution in [-0.4, -0.2) is 154 Å². The lowest BCUT2D eigenvalue weighted by Gasteiger charge is -2.49. The molecule has 1 aliphatic carbocycles. The van der Waals surface area contributed by atoms with Crippen molar-refractivity contribution in [2.24, 2.45) is 5.73 Å². The Morgan fingerprint density at radius 2 is 1.27 bits per heavy atom. The number of nitrogens with one attached hydrogen (secondary N) is 5. The Bertz CT molecular complexity index is 685. The van der Waals surface area contributed by atoms with Crippen LogP contribution in [0.25, 0.3) is 0 Å². The SMILES string of the molecule is CNCC1OC(OC2C(NC)CC(NC)C(OC3OC(CN)C(O)C(NC)C3O)C2O)C(NC)CC1O. The van der Waals surface area contributed by atoms with Crippen molar-refractivity contribution in [3.63, 3.8) is 0 Å². The first-order valence-corrected chi connectivity index (χ1v) is 13.1. The second-order valence-electron chi connectivity index (χ2n) is 10.1. The van der Waals surface area contributed by atoms with Crippen molar-refractivity contribution in [1.29, 1.82) is 0 Å². The van der Waals surface area contributed by atoms with Crippen molar-refractivity contribution in [2.45, 2.75) is 98.4 Å². The van der Waals surface area contributed by atoms with E-state index in [1.807, 2.05) is 0 Å². The van der Waals surface area contributed by atoms with E-state index in [1.165, 1.54) is 0 Å². The lowest BCUT2D eigenvalue weighted by atomic mass is 9.83. The number of hydrogen-bond donors (Lipinski definition) is 10. The van der Waals surface area contributed by atoms with Crippen LogP contribution in [-0.2, 0) is 18.9 Å². The van der Waals surface area contributed by atoms with E-state index < -0.39 is 67.5 Å². The Morgan fingerprint density at radius 3 is 1.78 bits per heavy atom. The summed E-state index contributed by atoms with van der Waals surface area (Å²) < 4.78 is 24.5. The fraction of sp³-hybridized carbons (Fsp3) is 1.00. The van der Waals surface area contributed by atoms with E-state index >= 15 is 0 Å². The van der Waals surface area contributed by atoms with E-state index in [0.29, 0.717) is 19.4 Å². The molecule has 14 unspecified atom stereocenters. The molecule has 11 N–H and O–H groups in total.